The molecule has 0 radical (unpaired) electrons. The van der Waals surface area contributed by atoms with Crippen molar-refractivity contribution < 1.29 is 9.53 Å². The van der Waals surface area contributed by atoms with Gasteiger partial charge in [0, 0.05) is 26.7 Å². The summed E-state index contributed by atoms with van der Waals surface area (Å²) in [5, 5.41) is 3.13. The van der Waals surface area contributed by atoms with E-state index in [4.69, 9.17) is 4.74 Å². The molecule has 0 aliphatic carbocycles. The summed E-state index contributed by atoms with van der Waals surface area (Å²) in [5.41, 5.74) is 0.357. The van der Waals surface area contributed by atoms with Gasteiger partial charge in [-0.15, -0.1) is 0 Å². The molecule has 4 nitrogen and oxygen atoms in total. The zero-order chi connectivity index (χ0) is 14.3. The first-order valence-electron chi connectivity index (χ1n) is 7.42. The monoisotopic (exact) mass is 270 g/mol. The van der Waals surface area contributed by atoms with Gasteiger partial charge in [0.15, 0.2) is 0 Å². The van der Waals surface area contributed by atoms with Crippen LogP contribution in [0.25, 0.3) is 0 Å². The highest BCUT2D eigenvalue weighted by Gasteiger charge is 2.28. The van der Waals surface area contributed by atoms with E-state index in [1.807, 2.05) is 4.90 Å². The van der Waals surface area contributed by atoms with Crippen LogP contribution in [0, 0.1) is 11.3 Å². The lowest BCUT2D eigenvalue weighted by Gasteiger charge is -2.29. The summed E-state index contributed by atoms with van der Waals surface area (Å²) in [6, 6.07) is 0. The molecule has 1 amide bonds. The van der Waals surface area contributed by atoms with E-state index < -0.39 is 0 Å². The minimum atomic E-state index is 0.227. The van der Waals surface area contributed by atoms with Crippen LogP contribution in [0.4, 0.5) is 0 Å². The summed E-state index contributed by atoms with van der Waals surface area (Å²) in [7, 11) is 1.67. The molecule has 1 rings (SSSR count). The van der Waals surface area contributed by atoms with Crippen LogP contribution in [0.2, 0.25) is 0 Å². The number of hydrogen-bond acceptors (Lipinski definition) is 3. The average Bonchev–Trinajstić information content (AvgIpc) is 2.59. The molecule has 1 N–H and O–H groups in total. The van der Waals surface area contributed by atoms with E-state index in [9.17, 15) is 4.79 Å². The minimum absolute atomic E-state index is 0.227. The van der Waals surface area contributed by atoms with E-state index in [2.05, 4.69) is 26.1 Å². The molecule has 1 saturated heterocycles. The summed E-state index contributed by atoms with van der Waals surface area (Å²) < 4.78 is 4.95. The predicted molar refractivity (Wildman–Crippen MR) is 78.1 cm³/mol. The molecule has 112 valence electrons. The van der Waals surface area contributed by atoms with Crippen LogP contribution in [-0.4, -0.2) is 50.7 Å². The Bertz CT molecular complexity index is 274. The second-order valence-electron chi connectivity index (χ2n) is 6.54. The van der Waals surface area contributed by atoms with E-state index in [1.165, 1.54) is 6.42 Å². The largest absolute Gasteiger partial charge is 0.383 e. The SMILES string of the molecule is COCCNCC(=O)N1CCCC(C(C)(C)C)CC1. The third kappa shape index (κ3) is 5.91. The maximum Gasteiger partial charge on any atom is 0.236 e. The first-order valence-corrected chi connectivity index (χ1v) is 7.42. The second kappa shape index (κ2) is 7.85. The van der Waals surface area contributed by atoms with Crippen molar-refractivity contribution in [3.05, 3.63) is 0 Å². The molecule has 0 spiro atoms. The van der Waals surface area contributed by atoms with Crippen molar-refractivity contribution in [2.24, 2.45) is 11.3 Å². The van der Waals surface area contributed by atoms with Crippen molar-refractivity contribution in [1.82, 2.24) is 10.2 Å². The van der Waals surface area contributed by atoms with Gasteiger partial charge in [0.1, 0.15) is 0 Å². The van der Waals surface area contributed by atoms with E-state index in [-0.39, 0.29) is 5.91 Å². The van der Waals surface area contributed by atoms with Crippen LogP contribution < -0.4 is 5.32 Å². The maximum absolute atomic E-state index is 12.1. The molecule has 19 heavy (non-hydrogen) atoms. The summed E-state index contributed by atoms with van der Waals surface area (Å²) >= 11 is 0. The number of ether oxygens (including phenoxy) is 1. The number of methoxy groups -OCH3 is 1. The Morgan fingerprint density at radius 3 is 2.68 bits per heavy atom. The fraction of sp³-hybridized carbons (Fsp3) is 0.933. The van der Waals surface area contributed by atoms with Gasteiger partial charge < -0.3 is 15.0 Å². The highest BCUT2D eigenvalue weighted by atomic mass is 16.5. The molecule has 0 bridgehead atoms. The summed E-state index contributed by atoms with van der Waals surface area (Å²) in [5.74, 6) is 0.956. The van der Waals surface area contributed by atoms with Gasteiger partial charge in [0.25, 0.3) is 0 Å². The Morgan fingerprint density at radius 1 is 1.32 bits per heavy atom. The predicted octanol–water partition coefficient (Wildman–Crippen LogP) is 1.90. The second-order valence-corrected chi connectivity index (χ2v) is 6.54. The first-order chi connectivity index (χ1) is 8.95. The number of likely N-dealkylation sites (tertiary alicyclic amines) is 1. The van der Waals surface area contributed by atoms with Gasteiger partial charge in [0.2, 0.25) is 5.91 Å². The lowest BCUT2D eigenvalue weighted by molar-refractivity contribution is -0.130. The standard InChI is InChI=1S/C15H30N2O2/c1-15(2,3)13-6-5-9-17(10-7-13)14(18)12-16-8-11-19-4/h13,16H,5-12H2,1-4H3. The van der Waals surface area contributed by atoms with Gasteiger partial charge in [0.05, 0.1) is 13.2 Å². The lowest BCUT2D eigenvalue weighted by atomic mass is 9.77. The van der Waals surface area contributed by atoms with Crippen molar-refractivity contribution in [2.75, 3.05) is 39.9 Å². The Balaban J connectivity index is 2.33. The van der Waals surface area contributed by atoms with Crippen LogP contribution in [0.15, 0.2) is 0 Å². The van der Waals surface area contributed by atoms with Crippen molar-refractivity contribution in [2.45, 2.75) is 40.0 Å². The van der Waals surface area contributed by atoms with Crippen LogP contribution in [0.1, 0.15) is 40.0 Å². The highest BCUT2D eigenvalue weighted by molar-refractivity contribution is 5.78. The van der Waals surface area contributed by atoms with E-state index in [0.29, 0.717) is 18.6 Å². The normalized spacial score (nSPS) is 21.3. The average molecular weight is 270 g/mol. The molecule has 4 heteroatoms. The topological polar surface area (TPSA) is 41.6 Å². The Morgan fingerprint density at radius 2 is 2.05 bits per heavy atom. The van der Waals surface area contributed by atoms with Crippen molar-refractivity contribution in [3.8, 4) is 0 Å². The van der Waals surface area contributed by atoms with Gasteiger partial charge in [-0.3, -0.25) is 4.79 Å². The maximum atomic E-state index is 12.1. The fourth-order valence-corrected chi connectivity index (χ4v) is 2.69. The number of hydrogen-bond donors (Lipinski definition) is 1. The number of nitrogens with one attached hydrogen (secondary N) is 1. The van der Waals surface area contributed by atoms with Crippen LogP contribution in [0.5, 0.6) is 0 Å². The summed E-state index contributed by atoms with van der Waals surface area (Å²) in [4.78, 5) is 14.1. The Labute approximate surface area is 117 Å². The van der Waals surface area contributed by atoms with Gasteiger partial charge in [-0.05, 0) is 30.6 Å². The highest BCUT2D eigenvalue weighted by Crippen LogP contribution is 2.34. The smallest absolute Gasteiger partial charge is 0.236 e. The third-order valence-corrected chi connectivity index (χ3v) is 4.06. The molecule has 0 aromatic heterocycles. The van der Waals surface area contributed by atoms with Crippen LogP contribution in [-0.2, 0) is 9.53 Å². The van der Waals surface area contributed by atoms with E-state index >= 15 is 0 Å². The van der Waals surface area contributed by atoms with Crippen LogP contribution >= 0.6 is 0 Å². The number of rotatable bonds is 5. The fourth-order valence-electron chi connectivity index (χ4n) is 2.69. The molecule has 0 saturated carbocycles. The van der Waals surface area contributed by atoms with Gasteiger partial charge in [-0.2, -0.15) is 0 Å². The van der Waals surface area contributed by atoms with E-state index in [0.717, 1.165) is 38.4 Å². The molecule has 1 atom stereocenters. The lowest BCUT2D eigenvalue weighted by Crippen LogP contribution is -2.39. The zero-order valence-electron chi connectivity index (χ0n) is 13.0. The number of nitrogens with zero attached hydrogens (tertiary/aromatic N) is 1. The number of amides is 1. The molecule has 0 aromatic rings. The summed E-state index contributed by atoms with van der Waals surface area (Å²) in [6.07, 6.45) is 3.50. The van der Waals surface area contributed by atoms with Gasteiger partial charge in [-0.25, -0.2) is 0 Å². The molecule has 1 aliphatic rings. The van der Waals surface area contributed by atoms with Gasteiger partial charge >= 0.3 is 0 Å². The Kier molecular flexibility index (Phi) is 6.80. The van der Waals surface area contributed by atoms with Crippen molar-refractivity contribution in [1.29, 1.82) is 0 Å². The zero-order valence-corrected chi connectivity index (χ0v) is 13.0. The van der Waals surface area contributed by atoms with Crippen molar-refractivity contribution in [3.63, 3.8) is 0 Å². The molecule has 1 heterocycles. The minimum Gasteiger partial charge on any atom is -0.383 e. The molecule has 0 aromatic carbocycles. The Hall–Kier alpha value is -0.610. The molecule has 1 aliphatic heterocycles. The summed E-state index contributed by atoms with van der Waals surface area (Å²) in [6.45, 7) is 10.6. The molecule has 1 fully saturated rings. The molecular formula is C15H30N2O2. The van der Waals surface area contributed by atoms with Crippen molar-refractivity contribution >= 4 is 5.91 Å². The molecular weight excluding hydrogens is 240 g/mol. The third-order valence-electron chi connectivity index (χ3n) is 4.06. The quantitative estimate of drug-likeness (QED) is 0.776. The van der Waals surface area contributed by atoms with E-state index in [1.54, 1.807) is 7.11 Å². The first kappa shape index (κ1) is 16.4. The number of carbonyl (C=O) groups excluding carboxylic acids is 1. The van der Waals surface area contributed by atoms with Gasteiger partial charge in [-0.1, -0.05) is 20.8 Å². The molecule has 1 unspecified atom stereocenters. The van der Waals surface area contributed by atoms with Crippen LogP contribution in [0.3, 0.4) is 0 Å². The number of carbonyl (C=O) groups is 1.